The number of aryl methyl sites for hydroxylation is 1. The minimum Gasteiger partial charge on any atom is -0.338 e. The molecule has 2 amide bonds. The first kappa shape index (κ1) is 20.7. The van der Waals surface area contributed by atoms with E-state index in [4.69, 9.17) is 0 Å². The third kappa shape index (κ3) is 4.48. The lowest BCUT2D eigenvalue weighted by atomic mass is 9.96. The number of piperidine rings is 1. The normalized spacial score (nSPS) is 14.4. The quantitative estimate of drug-likeness (QED) is 0.482. The standard InChI is InChI=1S/C21H21N5O4S/c1-14-13-19(25(23-14)16-4-6-17(7-5-16)26(29)30)22-20(27)15-8-10-24(11-9-15)21(28)18-3-2-12-31-18/h2-7,12-13,15H,8-11H2,1H3,(H,22,27). The van der Waals surface area contributed by atoms with Gasteiger partial charge in [-0.3, -0.25) is 19.7 Å². The maximum Gasteiger partial charge on any atom is 0.269 e. The monoisotopic (exact) mass is 439 g/mol. The van der Waals surface area contributed by atoms with E-state index in [9.17, 15) is 19.7 Å². The summed E-state index contributed by atoms with van der Waals surface area (Å²) in [4.78, 5) is 38.3. The first-order valence-electron chi connectivity index (χ1n) is 9.87. The number of thiophene rings is 1. The van der Waals surface area contributed by atoms with E-state index in [1.165, 1.54) is 23.5 Å². The lowest BCUT2D eigenvalue weighted by molar-refractivity contribution is -0.384. The van der Waals surface area contributed by atoms with Crippen molar-refractivity contribution in [2.75, 3.05) is 18.4 Å². The molecule has 0 spiro atoms. The third-order valence-electron chi connectivity index (χ3n) is 5.27. The molecule has 0 bridgehead atoms. The van der Waals surface area contributed by atoms with Crippen LogP contribution < -0.4 is 5.32 Å². The minimum absolute atomic E-state index is 0.0120. The Morgan fingerprint density at radius 1 is 1.19 bits per heavy atom. The van der Waals surface area contributed by atoms with Gasteiger partial charge in [0.15, 0.2) is 0 Å². The van der Waals surface area contributed by atoms with E-state index in [1.807, 2.05) is 24.4 Å². The average molecular weight is 439 g/mol. The molecule has 2 aromatic heterocycles. The van der Waals surface area contributed by atoms with Gasteiger partial charge in [0.1, 0.15) is 5.82 Å². The number of hydrogen-bond donors (Lipinski definition) is 1. The zero-order valence-corrected chi connectivity index (χ0v) is 17.7. The molecule has 4 rings (SSSR count). The van der Waals surface area contributed by atoms with Crippen LogP contribution >= 0.6 is 11.3 Å². The van der Waals surface area contributed by atoms with E-state index < -0.39 is 4.92 Å². The van der Waals surface area contributed by atoms with Crippen LogP contribution in [0.25, 0.3) is 5.69 Å². The molecule has 31 heavy (non-hydrogen) atoms. The Hall–Kier alpha value is -3.53. The number of nitro groups is 1. The van der Waals surface area contributed by atoms with Crippen LogP contribution in [0.5, 0.6) is 0 Å². The summed E-state index contributed by atoms with van der Waals surface area (Å²) in [5, 5.41) is 20.1. The van der Waals surface area contributed by atoms with E-state index in [2.05, 4.69) is 10.4 Å². The van der Waals surface area contributed by atoms with Crippen LogP contribution in [-0.2, 0) is 4.79 Å². The molecule has 1 aliphatic rings. The molecule has 1 aromatic carbocycles. The Labute approximate surface area is 182 Å². The number of non-ortho nitro benzene ring substituents is 1. The smallest absolute Gasteiger partial charge is 0.269 e. The van der Waals surface area contributed by atoms with Gasteiger partial charge in [-0.05, 0) is 43.3 Å². The number of benzene rings is 1. The van der Waals surface area contributed by atoms with Crippen molar-refractivity contribution in [3.05, 3.63) is 68.5 Å². The van der Waals surface area contributed by atoms with Gasteiger partial charge < -0.3 is 10.2 Å². The SMILES string of the molecule is Cc1cc(NC(=O)C2CCN(C(=O)c3cccs3)CC2)n(-c2ccc([N+](=O)[O-])cc2)n1. The highest BCUT2D eigenvalue weighted by molar-refractivity contribution is 7.12. The average Bonchev–Trinajstić information content (AvgIpc) is 3.43. The Morgan fingerprint density at radius 2 is 1.90 bits per heavy atom. The third-order valence-corrected chi connectivity index (χ3v) is 6.13. The van der Waals surface area contributed by atoms with Crippen LogP contribution in [0.4, 0.5) is 11.5 Å². The van der Waals surface area contributed by atoms with Crippen LogP contribution in [0.1, 0.15) is 28.2 Å². The molecular weight excluding hydrogens is 418 g/mol. The molecule has 0 saturated carbocycles. The number of carbonyl (C=O) groups excluding carboxylic acids is 2. The van der Waals surface area contributed by atoms with E-state index in [0.717, 1.165) is 0 Å². The topological polar surface area (TPSA) is 110 Å². The molecule has 160 valence electrons. The summed E-state index contributed by atoms with van der Waals surface area (Å²) in [6, 6.07) is 11.4. The fraction of sp³-hybridized carbons (Fsp3) is 0.286. The van der Waals surface area contributed by atoms with Crippen molar-refractivity contribution in [3.8, 4) is 5.69 Å². The van der Waals surface area contributed by atoms with E-state index >= 15 is 0 Å². The maximum atomic E-state index is 12.9. The molecule has 1 saturated heterocycles. The van der Waals surface area contributed by atoms with Crippen LogP contribution in [0.15, 0.2) is 47.8 Å². The van der Waals surface area contributed by atoms with Crippen LogP contribution in [0.3, 0.4) is 0 Å². The number of carbonyl (C=O) groups is 2. The number of hydrogen-bond acceptors (Lipinski definition) is 6. The predicted octanol–water partition coefficient (Wildman–Crippen LogP) is 3.64. The molecule has 1 aliphatic heterocycles. The Balaban J connectivity index is 1.41. The Bertz CT molecular complexity index is 1100. The predicted molar refractivity (Wildman–Crippen MR) is 117 cm³/mol. The summed E-state index contributed by atoms with van der Waals surface area (Å²) in [7, 11) is 0. The molecule has 10 heteroatoms. The van der Waals surface area contributed by atoms with Gasteiger partial charge >= 0.3 is 0 Å². The van der Waals surface area contributed by atoms with Gasteiger partial charge in [-0.15, -0.1) is 11.3 Å². The Morgan fingerprint density at radius 3 is 2.52 bits per heavy atom. The van der Waals surface area contributed by atoms with Crippen LogP contribution in [0.2, 0.25) is 0 Å². The highest BCUT2D eigenvalue weighted by atomic mass is 32.1. The maximum absolute atomic E-state index is 12.9. The second kappa shape index (κ2) is 8.68. The van der Waals surface area contributed by atoms with Gasteiger partial charge in [-0.25, -0.2) is 4.68 Å². The molecule has 9 nitrogen and oxygen atoms in total. The van der Waals surface area contributed by atoms with Crippen LogP contribution in [0, 0.1) is 23.0 Å². The van der Waals surface area contributed by atoms with Gasteiger partial charge in [0.2, 0.25) is 5.91 Å². The van der Waals surface area contributed by atoms with Gasteiger partial charge in [0.25, 0.3) is 11.6 Å². The van der Waals surface area contributed by atoms with Gasteiger partial charge in [0, 0.05) is 37.2 Å². The van der Waals surface area contributed by atoms with E-state index in [1.54, 1.807) is 27.8 Å². The summed E-state index contributed by atoms with van der Waals surface area (Å²) >= 11 is 1.42. The first-order chi connectivity index (χ1) is 14.9. The van der Waals surface area contributed by atoms with Crippen molar-refractivity contribution in [1.29, 1.82) is 0 Å². The molecule has 0 unspecified atom stereocenters. The largest absolute Gasteiger partial charge is 0.338 e. The molecule has 0 radical (unpaired) electrons. The molecule has 1 fully saturated rings. The molecule has 3 heterocycles. The van der Waals surface area contributed by atoms with Crippen molar-refractivity contribution in [2.24, 2.45) is 5.92 Å². The van der Waals surface area contributed by atoms with Gasteiger partial charge in [-0.2, -0.15) is 5.10 Å². The number of aromatic nitrogens is 2. The van der Waals surface area contributed by atoms with Crippen molar-refractivity contribution in [2.45, 2.75) is 19.8 Å². The summed E-state index contributed by atoms with van der Waals surface area (Å²) in [5.41, 5.74) is 1.32. The zero-order chi connectivity index (χ0) is 22.0. The summed E-state index contributed by atoms with van der Waals surface area (Å²) < 4.78 is 1.56. The summed E-state index contributed by atoms with van der Waals surface area (Å²) in [5.74, 6) is 0.202. The summed E-state index contributed by atoms with van der Waals surface area (Å²) in [6.07, 6.45) is 1.18. The van der Waals surface area contributed by atoms with E-state index in [0.29, 0.717) is 48.0 Å². The molecule has 0 atom stereocenters. The van der Waals surface area contributed by atoms with Crippen LogP contribution in [-0.4, -0.2) is 44.5 Å². The lowest BCUT2D eigenvalue weighted by Gasteiger charge is -2.31. The molecule has 1 N–H and O–H groups in total. The number of nitrogens with one attached hydrogen (secondary N) is 1. The van der Waals surface area contributed by atoms with E-state index in [-0.39, 0.29) is 23.4 Å². The Kier molecular flexibility index (Phi) is 5.81. The van der Waals surface area contributed by atoms with Crippen molar-refractivity contribution in [3.63, 3.8) is 0 Å². The number of anilines is 1. The number of likely N-dealkylation sites (tertiary alicyclic amines) is 1. The second-order valence-electron chi connectivity index (χ2n) is 7.39. The fourth-order valence-electron chi connectivity index (χ4n) is 3.63. The number of nitro benzene ring substituents is 1. The highest BCUT2D eigenvalue weighted by Gasteiger charge is 2.28. The molecular formula is C21H21N5O4S. The molecule has 3 aromatic rings. The fourth-order valence-corrected chi connectivity index (χ4v) is 4.32. The number of amides is 2. The van der Waals surface area contributed by atoms with Crippen molar-refractivity contribution in [1.82, 2.24) is 14.7 Å². The number of nitrogens with zero attached hydrogens (tertiary/aromatic N) is 4. The summed E-state index contributed by atoms with van der Waals surface area (Å²) in [6.45, 7) is 2.89. The molecule has 0 aliphatic carbocycles. The second-order valence-corrected chi connectivity index (χ2v) is 8.34. The van der Waals surface area contributed by atoms with Crippen molar-refractivity contribution >= 4 is 34.7 Å². The first-order valence-corrected chi connectivity index (χ1v) is 10.8. The minimum atomic E-state index is -0.462. The highest BCUT2D eigenvalue weighted by Crippen LogP contribution is 2.24. The lowest BCUT2D eigenvalue weighted by Crippen LogP contribution is -2.41. The number of rotatable bonds is 5. The van der Waals surface area contributed by atoms with Gasteiger partial charge in [-0.1, -0.05) is 6.07 Å². The van der Waals surface area contributed by atoms with Gasteiger partial charge in [0.05, 0.1) is 21.2 Å². The zero-order valence-electron chi connectivity index (χ0n) is 16.9. The van der Waals surface area contributed by atoms with Crippen molar-refractivity contribution < 1.29 is 14.5 Å².